The van der Waals surface area contributed by atoms with Crippen molar-refractivity contribution in [2.24, 2.45) is 28.6 Å². The second-order valence-electron chi connectivity index (χ2n) is 9.26. The van der Waals surface area contributed by atoms with E-state index in [9.17, 15) is 9.90 Å². The third kappa shape index (κ3) is 2.25. The van der Waals surface area contributed by atoms with Gasteiger partial charge < -0.3 is 15.5 Å². The van der Waals surface area contributed by atoms with E-state index in [1.165, 1.54) is 24.8 Å². The van der Waals surface area contributed by atoms with E-state index in [1.807, 2.05) is 0 Å². The first-order valence-corrected chi connectivity index (χ1v) is 9.73. The summed E-state index contributed by atoms with van der Waals surface area (Å²) in [5, 5.41) is 22.2. The Balaban J connectivity index is 1.60. The molecule has 134 valence electrons. The SMILES string of the molecule is C[C@]12CCC(NC(=O)O)C=C1CCC1C2CC[C@@]2(C)C1CC[C@@H]2O. The number of carboxylic acid groups (broad SMARTS) is 1. The molecule has 24 heavy (non-hydrogen) atoms. The second-order valence-corrected chi connectivity index (χ2v) is 9.26. The molecule has 0 aromatic heterocycles. The molecule has 4 unspecified atom stereocenters. The zero-order valence-electron chi connectivity index (χ0n) is 14.9. The Kier molecular flexibility index (Phi) is 3.76. The Morgan fingerprint density at radius 1 is 1.12 bits per heavy atom. The highest BCUT2D eigenvalue weighted by Gasteiger charge is 2.58. The van der Waals surface area contributed by atoms with E-state index in [2.05, 4.69) is 25.2 Å². The molecule has 0 saturated heterocycles. The van der Waals surface area contributed by atoms with Gasteiger partial charge in [0.2, 0.25) is 0 Å². The first kappa shape index (κ1) is 16.4. The van der Waals surface area contributed by atoms with E-state index in [-0.39, 0.29) is 23.0 Å². The summed E-state index contributed by atoms with van der Waals surface area (Å²) < 4.78 is 0. The van der Waals surface area contributed by atoms with Gasteiger partial charge in [0, 0.05) is 0 Å². The van der Waals surface area contributed by atoms with Gasteiger partial charge in [0.05, 0.1) is 12.1 Å². The summed E-state index contributed by atoms with van der Waals surface area (Å²) in [6.07, 6.45) is 10.1. The first-order chi connectivity index (χ1) is 11.3. The molecule has 4 aliphatic rings. The molecule has 0 aromatic rings. The number of carbonyl (C=O) groups is 1. The molecule has 0 bridgehead atoms. The number of hydrogen-bond donors (Lipinski definition) is 3. The van der Waals surface area contributed by atoms with Gasteiger partial charge in [-0.15, -0.1) is 0 Å². The third-order valence-electron chi connectivity index (χ3n) is 8.37. The molecular weight excluding hydrogens is 302 g/mol. The fourth-order valence-corrected chi connectivity index (χ4v) is 6.97. The van der Waals surface area contributed by atoms with Crippen LogP contribution in [0.2, 0.25) is 0 Å². The van der Waals surface area contributed by atoms with Crippen LogP contribution in [0.3, 0.4) is 0 Å². The van der Waals surface area contributed by atoms with Crippen LogP contribution in [0.5, 0.6) is 0 Å². The lowest BCUT2D eigenvalue weighted by Gasteiger charge is -2.58. The molecule has 0 heterocycles. The first-order valence-electron chi connectivity index (χ1n) is 9.73. The van der Waals surface area contributed by atoms with Crippen molar-refractivity contribution in [3.05, 3.63) is 11.6 Å². The van der Waals surface area contributed by atoms with Crippen LogP contribution in [0.4, 0.5) is 4.79 Å². The minimum Gasteiger partial charge on any atom is -0.465 e. The van der Waals surface area contributed by atoms with E-state index in [0.29, 0.717) is 11.8 Å². The molecular formula is C20H31NO3. The molecule has 4 aliphatic carbocycles. The number of aliphatic hydroxyl groups is 1. The van der Waals surface area contributed by atoms with Crippen molar-refractivity contribution >= 4 is 6.09 Å². The molecule has 3 saturated carbocycles. The lowest BCUT2D eigenvalue weighted by Crippen LogP contribution is -2.52. The fraction of sp³-hybridized carbons (Fsp3) is 0.850. The maximum Gasteiger partial charge on any atom is 0.405 e. The van der Waals surface area contributed by atoms with Gasteiger partial charge in [0.1, 0.15) is 0 Å². The van der Waals surface area contributed by atoms with Crippen LogP contribution in [0.25, 0.3) is 0 Å². The summed E-state index contributed by atoms with van der Waals surface area (Å²) in [6, 6.07) is -0.00992. The van der Waals surface area contributed by atoms with Crippen molar-refractivity contribution < 1.29 is 15.0 Å². The molecule has 0 radical (unpaired) electrons. The van der Waals surface area contributed by atoms with Crippen molar-refractivity contribution in [3.8, 4) is 0 Å². The molecule has 4 heteroatoms. The van der Waals surface area contributed by atoms with Crippen molar-refractivity contribution in [1.82, 2.24) is 5.32 Å². The van der Waals surface area contributed by atoms with Crippen molar-refractivity contribution in [2.45, 2.75) is 77.4 Å². The second kappa shape index (κ2) is 5.48. The topological polar surface area (TPSA) is 69.6 Å². The van der Waals surface area contributed by atoms with Crippen LogP contribution < -0.4 is 5.32 Å². The zero-order chi connectivity index (χ0) is 17.1. The van der Waals surface area contributed by atoms with Crippen LogP contribution >= 0.6 is 0 Å². The molecule has 1 amide bonds. The predicted molar refractivity (Wildman–Crippen MR) is 92.7 cm³/mol. The quantitative estimate of drug-likeness (QED) is 0.636. The summed E-state index contributed by atoms with van der Waals surface area (Å²) in [6.45, 7) is 4.76. The normalized spacial score (nSPS) is 50.3. The average molecular weight is 333 g/mol. The molecule has 3 fully saturated rings. The number of aliphatic hydroxyl groups excluding tert-OH is 1. The summed E-state index contributed by atoms with van der Waals surface area (Å²) in [4.78, 5) is 11.0. The van der Waals surface area contributed by atoms with Crippen molar-refractivity contribution in [1.29, 1.82) is 0 Å². The van der Waals surface area contributed by atoms with E-state index in [1.54, 1.807) is 0 Å². The van der Waals surface area contributed by atoms with Gasteiger partial charge in [-0.1, -0.05) is 25.5 Å². The lowest BCUT2D eigenvalue weighted by atomic mass is 9.47. The van der Waals surface area contributed by atoms with Crippen molar-refractivity contribution in [2.75, 3.05) is 0 Å². The molecule has 4 rings (SSSR count). The van der Waals surface area contributed by atoms with Crippen LogP contribution in [-0.4, -0.2) is 28.5 Å². The predicted octanol–water partition coefficient (Wildman–Crippen LogP) is 3.95. The summed E-state index contributed by atoms with van der Waals surface area (Å²) in [5.41, 5.74) is 1.88. The number of fused-ring (bicyclic) bond motifs is 5. The molecule has 7 atom stereocenters. The fourth-order valence-electron chi connectivity index (χ4n) is 6.97. The molecule has 0 aromatic carbocycles. The number of hydrogen-bond acceptors (Lipinski definition) is 2. The number of rotatable bonds is 1. The summed E-state index contributed by atoms with van der Waals surface area (Å²) in [7, 11) is 0. The van der Waals surface area contributed by atoms with Crippen LogP contribution in [-0.2, 0) is 0 Å². The van der Waals surface area contributed by atoms with E-state index in [0.717, 1.165) is 38.0 Å². The average Bonchev–Trinajstić information content (AvgIpc) is 2.83. The standard InChI is InChI=1S/C20H31NO3/c1-19-9-7-13(21-18(23)24)11-12(19)3-4-14-15-5-6-17(22)20(15,2)10-8-16(14)19/h11,13-17,21-22H,3-10H2,1-2H3,(H,23,24)/t13?,14?,15?,16?,17-,19-,20-/m0/s1. The maximum absolute atomic E-state index is 11.0. The van der Waals surface area contributed by atoms with E-state index in [4.69, 9.17) is 5.11 Å². The minimum atomic E-state index is -0.914. The van der Waals surface area contributed by atoms with Gasteiger partial charge in [0.15, 0.2) is 0 Å². The highest BCUT2D eigenvalue weighted by atomic mass is 16.4. The molecule has 4 nitrogen and oxygen atoms in total. The maximum atomic E-state index is 11.0. The Morgan fingerprint density at radius 3 is 2.67 bits per heavy atom. The van der Waals surface area contributed by atoms with Crippen molar-refractivity contribution in [3.63, 3.8) is 0 Å². The summed E-state index contributed by atoms with van der Waals surface area (Å²) >= 11 is 0. The van der Waals surface area contributed by atoms with Gasteiger partial charge in [-0.05, 0) is 80.0 Å². The lowest BCUT2D eigenvalue weighted by molar-refractivity contribution is -0.0741. The third-order valence-corrected chi connectivity index (χ3v) is 8.37. The number of amides is 1. The summed E-state index contributed by atoms with van der Waals surface area (Å²) in [5.74, 6) is 2.14. The molecule has 0 aliphatic heterocycles. The zero-order valence-corrected chi connectivity index (χ0v) is 14.9. The van der Waals surface area contributed by atoms with Gasteiger partial charge in [-0.3, -0.25) is 0 Å². The number of allylic oxidation sites excluding steroid dienone is 1. The number of nitrogens with one attached hydrogen (secondary N) is 1. The van der Waals surface area contributed by atoms with Gasteiger partial charge >= 0.3 is 6.09 Å². The largest absolute Gasteiger partial charge is 0.465 e. The van der Waals surface area contributed by atoms with Crippen LogP contribution in [0.1, 0.15) is 65.2 Å². The monoisotopic (exact) mass is 333 g/mol. The van der Waals surface area contributed by atoms with E-state index < -0.39 is 6.09 Å². The van der Waals surface area contributed by atoms with Crippen LogP contribution in [0, 0.1) is 28.6 Å². The Bertz CT molecular complexity index is 573. The Labute approximate surface area is 144 Å². The Morgan fingerprint density at radius 2 is 1.92 bits per heavy atom. The highest BCUT2D eigenvalue weighted by Crippen LogP contribution is 2.65. The van der Waals surface area contributed by atoms with Crippen LogP contribution in [0.15, 0.2) is 11.6 Å². The van der Waals surface area contributed by atoms with Gasteiger partial charge in [-0.2, -0.15) is 0 Å². The highest BCUT2D eigenvalue weighted by molar-refractivity contribution is 5.65. The molecule has 0 spiro atoms. The smallest absolute Gasteiger partial charge is 0.405 e. The van der Waals surface area contributed by atoms with E-state index >= 15 is 0 Å². The molecule has 3 N–H and O–H groups in total. The van der Waals surface area contributed by atoms with Gasteiger partial charge in [-0.25, -0.2) is 4.79 Å². The Hall–Kier alpha value is -1.03. The van der Waals surface area contributed by atoms with Gasteiger partial charge in [0.25, 0.3) is 0 Å². The minimum absolute atomic E-state index is 0.00992.